The van der Waals surface area contributed by atoms with Crippen molar-refractivity contribution in [1.29, 1.82) is 0 Å². The number of rotatable bonds is 4. The summed E-state index contributed by atoms with van der Waals surface area (Å²) in [4.78, 5) is 17.5. The van der Waals surface area contributed by atoms with Crippen molar-refractivity contribution in [2.75, 3.05) is 12.8 Å². The molecule has 3 rings (SSSR count). The Kier molecular flexibility index (Phi) is 4.14. The standard InChI is InChI=1S/C20H22N2O2/c1-20(2)12-13-8-9-14(24-3)10-16(13)18(22-20)11-19(23)15-6-4-5-7-17(15)21/h4-10H,11-12,21H2,1-3H3. The van der Waals surface area contributed by atoms with E-state index >= 15 is 0 Å². The highest BCUT2D eigenvalue weighted by Crippen LogP contribution is 2.31. The molecule has 0 unspecified atom stereocenters. The highest BCUT2D eigenvalue weighted by Gasteiger charge is 2.28. The molecule has 4 nitrogen and oxygen atoms in total. The molecule has 0 atom stereocenters. The third-order valence-corrected chi connectivity index (χ3v) is 4.28. The Bertz CT molecular complexity index is 822. The van der Waals surface area contributed by atoms with Crippen molar-refractivity contribution in [3.8, 4) is 5.75 Å². The van der Waals surface area contributed by atoms with Gasteiger partial charge in [-0.05, 0) is 50.1 Å². The first-order chi connectivity index (χ1) is 11.4. The lowest BCUT2D eigenvalue weighted by Gasteiger charge is -2.29. The third-order valence-electron chi connectivity index (χ3n) is 4.28. The number of para-hydroxylation sites is 1. The molecule has 0 radical (unpaired) electrons. The monoisotopic (exact) mass is 322 g/mol. The number of methoxy groups -OCH3 is 1. The second kappa shape index (κ2) is 6.11. The van der Waals surface area contributed by atoms with Gasteiger partial charge in [0.05, 0.1) is 24.8 Å². The number of ketones is 1. The van der Waals surface area contributed by atoms with E-state index in [0.29, 0.717) is 11.3 Å². The minimum Gasteiger partial charge on any atom is -0.497 e. The smallest absolute Gasteiger partial charge is 0.170 e. The van der Waals surface area contributed by atoms with Gasteiger partial charge in [-0.1, -0.05) is 18.2 Å². The van der Waals surface area contributed by atoms with Crippen molar-refractivity contribution in [3.63, 3.8) is 0 Å². The van der Waals surface area contributed by atoms with Gasteiger partial charge in [-0.15, -0.1) is 0 Å². The lowest BCUT2D eigenvalue weighted by Crippen LogP contribution is -2.30. The second-order valence-corrected chi connectivity index (χ2v) is 6.76. The number of carbonyl (C=O) groups is 1. The molecule has 2 N–H and O–H groups in total. The SMILES string of the molecule is COc1ccc2c(c1)C(CC(=O)c1ccccc1N)=NC(C)(C)C2. The number of carbonyl (C=O) groups excluding carboxylic acids is 1. The Labute approximate surface area is 142 Å². The molecule has 1 aliphatic rings. The lowest BCUT2D eigenvalue weighted by molar-refractivity contribution is 0.100. The summed E-state index contributed by atoms with van der Waals surface area (Å²) in [5, 5.41) is 0. The predicted octanol–water partition coefficient (Wildman–Crippen LogP) is 3.67. The maximum atomic E-state index is 12.7. The summed E-state index contributed by atoms with van der Waals surface area (Å²) < 4.78 is 5.33. The van der Waals surface area contributed by atoms with E-state index in [4.69, 9.17) is 15.5 Å². The summed E-state index contributed by atoms with van der Waals surface area (Å²) in [6.07, 6.45) is 1.08. The minimum absolute atomic E-state index is 0.0154. The number of ether oxygens (including phenoxy) is 1. The molecule has 0 aromatic heterocycles. The molecule has 0 saturated heterocycles. The Balaban J connectivity index is 1.98. The van der Waals surface area contributed by atoms with Crippen molar-refractivity contribution in [2.45, 2.75) is 32.2 Å². The van der Waals surface area contributed by atoms with Crippen LogP contribution < -0.4 is 10.5 Å². The van der Waals surface area contributed by atoms with Gasteiger partial charge < -0.3 is 10.5 Å². The molecule has 0 aliphatic carbocycles. The molecule has 2 aromatic rings. The van der Waals surface area contributed by atoms with E-state index in [-0.39, 0.29) is 17.7 Å². The van der Waals surface area contributed by atoms with Gasteiger partial charge in [0.2, 0.25) is 0 Å². The number of aliphatic imine (C=N–C) groups is 1. The van der Waals surface area contributed by atoms with Crippen LogP contribution in [0.2, 0.25) is 0 Å². The van der Waals surface area contributed by atoms with Gasteiger partial charge in [-0.25, -0.2) is 0 Å². The lowest BCUT2D eigenvalue weighted by atomic mass is 9.85. The number of nitrogen functional groups attached to an aromatic ring is 1. The van der Waals surface area contributed by atoms with Gasteiger partial charge in [0.25, 0.3) is 0 Å². The number of benzene rings is 2. The Morgan fingerprint density at radius 2 is 2.00 bits per heavy atom. The number of hydrogen-bond donors (Lipinski definition) is 1. The average molecular weight is 322 g/mol. The van der Waals surface area contributed by atoms with Crippen LogP contribution in [0.25, 0.3) is 0 Å². The van der Waals surface area contributed by atoms with Crippen LogP contribution in [-0.4, -0.2) is 24.1 Å². The van der Waals surface area contributed by atoms with E-state index in [9.17, 15) is 4.79 Å². The zero-order valence-electron chi connectivity index (χ0n) is 14.3. The Morgan fingerprint density at radius 3 is 2.71 bits per heavy atom. The molecule has 0 bridgehead atoms. The molecule has 0 spiro atoms. The summed E-state index contributed by atoms with van der Waals surface area (Å²) in [6.45, 7) is 4.17. The van der Waals surface area contributed by atoms with Crippen LogP contribution in [-0.2, 0) is 6.42 Å². The third kappa shape index (κ3) is 3.18. The summed E-state index contributed by atoms with van der Waals surface area (Å²) in [5.74, 6) is 0.756. The molecule has 124 valence electrons. The summed E-state index contributed by atoms with van der Waals surface area (Å²) in [7, 11) is 1.64. The molecule has 4 heteroatoms. The van der Waals surface area contributed by atoms with Crippen LogP contribution in [0.15, 0.2) is 47.5 Å². The number of Topliss-reactive ketones (excluding diaryl/α,β-unsaturated/α-hetero) is 1. The number of hydrogen-bond acceptors (Lipinski definition) is 4. The molecule has 0 saturated carbocycles. The van der Waals surface area contributed by atoms with Gasteiger partial charge in [0, 0.05) is 16.8 Å². The van der Waals surface area contributed by atoms with Gasteiger partial charge >= 0.3 is 0 Å². The number of fused-ring (bicyclic) bond motifs is 1. The summed E-state index contributed by atoms with van der Waals surface area (Å²) >= 11 is 0. The van der Waals surface area contributed by atoms with Crippen LogP contribution in [0.3, 0.4) is 0 Å². The maximum Gasteiger partial charge on any atom is 0.170 e. The number of nitrogens with zero attached hydrogens (tertiary/aromatic N) is 1. The van der Waals surface area contributed by atoms with Crippen LogP contribution in [0, 0.1) is 0 Å². The highest BCUT2D eigenvalue weighted by molar-refractivity contribution is 6.18. The van der Waals surface area contributed by atoms with Crippen molar-refractivity contribution in [2.24, 2.45) is 4.99 Å². The topological polar surface area (TPSA) is 64.7 Å². The van der Waals surface area contributed by atoms with E-state index in [1.54, 1.807) is 19.2 Å². The van der Waals surface area contributed by atoms with Crippen LogP contribution >= 0.6 is 0 Å². The first kappa shape index (κ1) is 16.2. The fourth-order valence-corrected chi connectivity index (χ4v) is 3.17. The quantitative estimate of drug-likeness (QED) is 0.690. The zero-order valence-corrected chi connectivity index (χ0v) is 14.3. The molecule has 0 fully saturated rings. The maximum absolute atomic E-state index is 12.7. The van der Waals surface area contributed by atoms with Crippen LogP contribution in [0.5, 0.6) is 5.75 Å². The van der Waals surface area contributed by atoms with E-state index < -0.39 is 0 Å². The van der Waals surface area contributed by atoms with Crippen molar-refractivity contribution in [3.05, 3.63) is 59.2 Å². The van der Waals surface area contributed by atoms with E-state index in [1.165, 1.54) is 5.56 Å². The Morgan fingerprint density at radius 1 is 1.25 bits per heavy atom. The van der Waals surface area contributed by atoms with Gasteiger partial charge in [-0.3, -0.25) is 9.79 Å². The molecular formula is C20H22N2O2. The predicted molar refractivity (Wildman–Crippen MR) is 97.1 cm³/mol. The second-order valence-electron chi connectivity index (χ2n) is 6.76. The molecule has 1 aliphatic heterocycles. The fourth-order valence-electron chi connectivity index (χ4n) is 3.17. The minimum atomic E-state index is -0.223. The van der Waals surface area contributed by atoms with Gasteiger partial charge in [-0.2, -0.15) is 0 Å². The number of nitrogens with two attached hydrogens (primary N) is 1. The largest absolute Gasteiger partial charge is 0.497 e. The molecule has 1 heterocycles. The normalized spacial score (nSPS) is 15.4. The average Bonchev–Trinajstić information content (AvgIpc) is 2.54. The van der Waals surface area contributed by atoms with Crippen LogP contribution in [0.4, 0.5) is 5.69 Å². The summed E-state index contributed by atoms with van der Waals surface area (Å²) in [6, 6.07) is 13.1. The first-order valence-electron chi connectivity index (χ1n) is 8.03. The highest BCUT2D eigenvalue weighted by atomic mass is 16.5. The molecule has 0 amide bonds. The summed E-state index contributed by atoms with van der Waals surface area (Å²) in [5.41, 5.74) is 9.76. The van der Waals surface area contributed by atoms with Crippen molar-refractivity contribution >= 4 is 17.2 Å². The van der Waals surface area contributed by atoms with Crippen molar-refractivity contribution in [1.82, 2.24) is 0 Å². The van der Waals surface area contributed by atoms with Crippen molar-refractivity contribution < 1.29 is 9.53 Å². The first-order valence-corrected chi connectivity index (χ1v) is 8.03. The van der Waals surface area contributed by atoms with E-state index in [2.05, 4.69) is 19.9 Å². The van der Waals surface area contributed by atoms with Gasteiger partial charge in [0.1, 0.15) is 5.75 Å². The molecule has 2 aromatic carbocycles. The zero-order chi connectivity index (χ0) is 17.3. The Hall–Kier alpha value is -2.62. The molecular weight excluding hydrogens is 300 g/mol. The van der Waals surface area contributed by atoms with Crippen LogP contribution in [0.1, 0.15) is 41.8 Å². The fraction of sp³-hybridized carbons (Fsp3) is 0.300. The number of anilines is 1. The van der Waals surface area contributed by atoms with Gasteiger partial charge in [0.15, 0.2) is 5.78 Å². The van der Waals surface area contributed by atoms with E-state index in [0.717, 1.165) is 23.4 Å². The van der Waals surface area contributed by atoms with E-state index in [1.807, 2.05) is 24.3 Å². The molecule has 24 heavy (non-hydrogen) atoms.